The molecule has 0 atom stereocenters. The minimum absolute atomic E-state index is 0.0805. The molecule has 0 unspecified atom stereocenters. The van der Waals surface area contributed by atoms with Gasteiger partial charge in [0.05, 0.1) is 13.7 Å². The smallest absolute Gasteiger partial charge is 0.261 e. The highest BCUT2D eigenvalue weighted by Gasteiger charge is 2.19. The van der Waals surface area contributed by atoms with Gasteiger partial charge in [0.15, 0.2) is 0 Å². The van der Waals surface area contributed by atoms with Crippen molar-refractivity contribution in [3.63, 3.8) is 0 Å². The van der Waals surface area contributed by atoms with Crippen LogP contribution in [-0.4, -0.2) is 41.7 Å². The average molecular weight is 310 g/mol. The molecule has 0 heterocycles. The summed E-state index contributed by atoms with van der Waals surface area (Å²) in [7, 11) is -2.50. The molecule has 1 rings (SSSR count). The van der Waals surface area contributed by atoms with Crippen molar-refractivity contribution in [2.24, 2.45) is 0 Å². The van der Waals surface area contributed by atoms with Gasteiger partial charge in [0.25, 0.3) is 6.43 Å². The van der Waals surface area contributed by atoms with Gasteiger partial charge in [-0.15, -0.1) is 0 Å². The molecule has 0 fully saturated rings. The zero-order valence-corrected chi connectivity index (χ0v) is 11.6. The van der Waals surface area contributed by atoms with Gasteiger partial charge < -0.3 is 15.2 Å². The van der Waals surface area contributed by atoms with Gasteiger partial charge in [0.1, 0.15) is 17.3 Å². The van der Waals surface area contributed by atoms with Crippen molar-refractivity contribution in [3.05, 3.63) is 18.2 Å². The zero-order chi connectivity index (χ0) is 15.2. The Hall–Kier alpha value is -1.45. The number of anilines is 1. The molecule has 3 N–H and O–H groups in total. The Morgan fingerprint density at radius 1 is 1.40 bits per heavy atom. The van der Waals surface area contributed by atoms with E-state index in [1.165, 1.54) is 25.3 Å². The molecule has 114 valence electrons. The minimum Gasteiger partial charge on any atom is -0.495 e. The van der Waals surface area contributed by atoms with E-state index in [1.54, 1.807) is 0 Å². The first-order valence-electron chi connectivity index (χ1n) is 5.66. The van der Waals surface area contributed by atoms with Gasteiger partial charge in [-0.05, 0) is 12.1 Å². The highest BCUT2D eigenvalue weighted by Crippen LogP contribution is 2.25. The second-order valence-corrected chi connectivity index (χ2v) is 5.51. The maximum atomic E-state index is 12.0. The molecule has 1 aromatic carbocycles. The number of halogens is 2. The van der Waals surface area contributed by atoms with Crippen molar-refractivity contribution in [1.29, 1.82) is 0 Å². The number of benzene rings is 1. The molecule has 0 aliphatic rings. The molecule has 0 aliphatic carbocycles. The van der Waals surface area contributed by atoms with Crippen LogP contribution >= 0.6 is 0 Å². The number of hydrogen-bond donors (Lipinski definition) is 2. The van der Waals surface area contributed by atoms with Crippen LogP contribution in [0.2, 0.25) is 0 Å². The number of nitrogens with one attached hydrogen (secondary N) is 1. The van der Waals surface area contributed by atoms with Crippen LogP contribution in [0.3, 0.4) is 0 Å². The molecule has 0 amide bonds. The van der Waals surface area contributed by atoms with E-state index in [0.717, 1.165) is 0 Å². The Morgan fingerprint density at radius 3 is 2.70 bits per heavy atom. The van der Waals surface area contributed by atoms with Crippen molar-refractivity contribution in [2.75, 3.05) is 32.6 Å². The summed E-state index contributed by atoms with van der Waals surface area (Å²) in [5.41, 5.74) is 5.89. The lowest BCUT2D eigenvalue weighted by Gasteiger charge is -2.11. The number of methoxy groups -OCH3 is 1. The summed E-state index contributed by atoms with van der Waals surface area (Å²) in [6, 6.07) is 4.10. The summed E-state index contributed by atoms with van der Waals surface area (Å²) >= 11 is 0. The average Bonchev–Trinajstić information content (AvgIpc) is 2.37. The van der Waals surface area contributed by atoms with Crippen LogP contribution in [0.1, 0.15) is 0 Å². The minimum atomic E-state index is -3.82. The van der Waals surface area contributed by atoms with Crippen LogP contribution in [0.5, 0.6) is 5.75 Å². The third-order valence-corrected chi connectivity index (χ3v) is 3.76. The summed E-state index contributed by atoms with van der Waals surface area (Å²) in [5, 5.41) is 0. The van der Waals surface area contributed by atoms with E-state index < -0.39 is 23.1 Å². The lowest BCUT2D eigenvalue weighted by atomic mass is 10.3. The standard InChI is InChI=1S/C11H16F2N2O4S/c1-18-9-6-8(14)2-3-10(9)20(16,17)15-4-5-19-7-11(12)13/h2-3,6,11,15H,4-5,7,14H2,1H3. The molecular weight excluding hydrogens is 294 g/mol. The van der Waals surface area contributed by atoms with Crippen molar-refractivity contribution >= 4 is 15.7 Å². The van der Waals surface area contributed by atoms with E-state index >= 15 is 0 Å². The van der Waals surface area contributed by atoms with E-state index in [0.29, 0.717) is 5.69 Å². The molecule has 0 saturated carbocycles. The highest BCUT2D eigenvalue weighted by molar-refractivity contribution is 7.89. The molecule has 0 radical (unpaired) electrons. The molecule has 0 spiro atoms. The van der Waals surface area contributed by atoms with Gasteiger partial charge in [-0.2, -0.15) is 0 Å². The molecule has 1 aromatic rings. The van der Waals surface area contributed by atoms with Crippen LogP contribution in [0, 0.1) is 0 Å². The first-order chi connectivity index (χ1) is 9.36. The normalized spacial score (nSPS) is 11.8. The monoisotopic (exact) mass is 310 g/mol. The summed E-state index contributed by atoms with van der Waals surface area (Å²) < 4.78 is 59.3. The first-order valence-corrected chi connectivity index (χ1v) is 7.14. The van der Waals surface area contributed by atoms with Crippen molar-refractivity contribution < 1.29 is 26.7 Å². The van der Waals surface area contributed by atoms with Crippen LogP contribution in [0.4, 0.5) is 14.5 Å². The fraction of sp³-hybridized carbons (Fsp3) is 0.455. The second-order valence-electron chi connectivity index (χ2n) is 3.77. The van der Waals surface area contributed by atoms with Crippen LogP contribution < -0.4 is 15.2 Å². The Bertz CT molecular complexity index is 537. The molecule has 0 bridgehead atoms. The fourth-order valence-corrected chi connectivity index (χ4v) is 2.57. The van der Waals surface area contributed by atoms with Gasteiger partial charge in [-0.25, -0.2) is 21.9 Å². The molecule has 0 aliphatic heterocycles. The van der Waals surface area contributed by atoms with Crippen molar-refractivity contribution in [1.82, 2.24) is 4.72 Å². The molecule has 9 heteroatoms. The highest BCUT2D eigenvalue weighted by atomic mass is 32.2. The van der Waals surface area contributed by atoms with Crippen molar-refractivity contribution in [3.8, 4) is 5.75 Å². The molecular formula is C11H16F2N2O4S. The maximum absolute atomic E-state index is 12.0. The zero-order valence-electron chi connectivity index (χ0n) is 10.8. The Morgan fingerprint density at radius 2 is 2.10 bits per heavy atom. The van der Waals surface area contributed by atoms with Gasteiger partial charge in [-0.1, -0.05) is 0 Å². The molecule has 0 saturated heterocycles. The quantitative estimate of drug-likeness (QED) is 0.548. The predicted octanol–water partition coefficient (Wildman–Crippen LogP) is 0.837. The fourth-order valence-electron chi connectivity index (χ4n) is 1.40. The number of alkyl halides is 2. The van der Waals surface area contributed by atoms with E-state index in [1.807, 2.05) is 0 Å². The molecule has 0 aromatic heterocycles. The molecule has 6 nitrogen and oxygen atoms in total. The van der Waals surface area contributed by atoms with Gasteiger partial charge in [-0.3, -0.25) is 0 Å². The van der Waals surface area contributed by atoms with Crippen LogP contribution in [-0.2, 0) is 14.8 Å². The van der Waals surface area contributed by atoms with E-state index in [2.05, 4.69) is 9.46 Å². The van der Waals surface area contributed by atoms with Crippen LogP contribution in [0.25, 0.3) is 0 Å². The van der Waals surface area contributed by atoms with E-state index in [-0.39, 0.29) is 23.8 Å². The third kappa shape index (κ3) is 4.91. The number of ether oxygens (including phenoxy) is 2. The lowest BCUT2D eigenvalue weighted by Crippen LogP contribution is -2.28. The Labute approximate surface area is 115 Å². The number of nitrogens with two attached hydrogens (primary N) is 1. The van der Waals surface area contributed by atoms with Gasteiger partial charge in [0, 0.05) is 18.3 Å². The van der Waals surface area contributed by atoms with Crippen LogP contribution in [0.15, 0.2) is 23.1 Å². The lowest BCUT2D eigenvalue weighted by molar-refractivity contribution is 0.0199. The van der Waals surface area contributed by atoms with Gasteiger partial charge in [0.2, 0.25) is 10.0 Å². The SMILES string of the molecule is COc1cc(N)ccc1S(=O)(=O)NCCOCC(F)F. The first kappa shape index (κ1) is 16.6. The number of hydrogen-bond acceptors (Lipinski definition) is 5. The summed E-state index contributed by atoms with van der Waals surface area (Å²) in [5.74, 6) is 0.103. The van der Waals surface area contributed by atoms with E-state index in [4.69, 9.17) is 10.5 Å². The second kappa shape index (κ2) is 7.36. The summed E-state index contributed by atoms with van der Waals surface area (Å²) in [4.78, 5) is -0.0805. The Kier molecular flexibility index (Phi) is 6.11. The predicted molar refractivity (Wildman–Crippen MR) is 69.4 cm³/mol. The van der Waals surface area contributed by atoms with Crippen molar-refractivity contribution in [2.45, 2.75) is 11.3 Å². The molecule has 20 heavy (non-hydrogen) atoms. The largest absolute Gasteiger partial charge is 0.495 e. The number of nitrogen functional groups attached to an aromatic ring is 1. The van der Waals surface area contributed by atoms with Gasteiger partial charge >= 0.3 is 0 Å². The third-order valence-electron chi connectivity index (χ3n) is 2.26. The van der Waals surface area contributed by atoms with E-state index in [9.17, 15) is 17.2 Å². The topological polar surface area (TPSA) is 90.7 Å². The Balaban J connectivity index is 2.65. The maximum Gasteiger partial charge on any atom is 0.261 e. The number of rotatable bonds is 8. The summed E-state index contributed by atoms with van der Waals surface area (Å²) in [6.45, 7) is -1.00. The summed E-state index contributed by atoms with van der Waals surface area (Å²) in [6.07, 6.45) is -2.58. The number of sulfonamides is 1.